The summed E-state index contributed by atoms with van der Waals surface area (Å²) in [5.41, 5.74) is 8.15. The number of carbonyl (C=O) groups excluding carboxylic acids is 3. The molecule has 18 nitrogen and oxygen atoms in total. The van der Waals surface area contributed by atoms with E-state index in [9.17, 15) is 24.6 Å². The van der Waals surface area contributed by atoms with Crippen LogP contribution in [-0.4, -0.2) is 138 Å². The first-order valence-corrected chi connectivity index (χ1v) is 25.1. The predicted octanol–water partition coefficient (Wildman–Crippen LogP) is 4.40. The highest BCUT2D eigenvalue weighted by molar-refractivity contribution is 7.99. The third kappa shape index (κ3) is 11.2. The molecule has 0 spiro atoms. The van der Waals surface area contributed by atoms with E-state index in [1.807, 2.05) is 49.1 Å². The molecule has 3 amide bonds. The molecule has 366 valence electrons. The topological polar surface area (TPSA) is 221 Å². The highest BCUT2D eigenvalue weighted by atomic mass is 35.5. The SMILES string of the molecule is Cc1cn([C@H](C(=O)N2C[C@H](O)C[C@H]2C(=O)NCc2ccccc2OC2CCN(C(=O)C3CCN(c4nccc(Sc5cnc(N6CCC(C)(CN)CC6)c(CO)n5)c4Cl)CC3)CC2)C(C)C)nn1. The van der Waals surface area contributed by atoms with Gasteiger partial charge in [-0.3, -0.25) is 14.4 Å². The van der Waals surface area contributed by atoms with E-state index in [1.165, 1.54) is 21.3 Å². The summed E-state index contributed by atoms with van der Waals surface area (Å²) >= 11 is 8.39. The van der Waals surface area contributed by atoms with E-state index >= 15 is 0 Å². The van der Waals surface area contributed by atoms with Gasteiger partial charge in [0.05, 0.1) is 29.6 Å². The van der Waals surface area contributed by atoms with Gasteiger partial charge in [0.2, 0.25) is 17.7 Å². The zero-order valence-electron chi connectivity index (χ0n) is 39.5. The average molecular weight is 974 g/mol. The summed E-state index contributed by atoms with van der Waals surface area (Å²) in [6.45, 7) is 12.6. The molecule has 8 rings (SSSR count). The van der Waals surface area contributed by atoms with E-state index in [-0.39, 0.29) is 67.2 Å². The fourth-order valence-corrected chi connectivity index (χ4v) is 11.0. The van der Waals surface area contributed by atoms with Gasteiger partial charge < -0.3 is 45.6 Å². The normalized spacial score (nSPS) is 20.8. The van der Waals surface area contributed by atoms with Crippen molar-refractivity contribution in [2.45, 2.75) is 120 Å². The van der Waals surface area contributed by atoms with Gasteiger partial charge in [0.25, 0.3) is 0 Å². The molecule has 0 bridgehead atoms. The van der Waals surface area contributed by atoms with Gasteiger partial charge in [0, 0.05) is 100 Å². The molecule has 0 saturated carbocycles. The number of nitrogens with zero attached hydrogens (tertiary/aromatic N) is 10. The first kappa shape index (κ1) is 49.3. The fraction of sp³-hybridized carbons (Fsp3) is 0.583. The molecule has 68 heavy (non-hydrogen) atoms. The van der Waals surface area contributed by atoms with Crippen LogP contribution in [-0.2, 0) is 27.5 Å². The van der Waals surface area contributed by atoms with Gasteiger partial charge in [-0.1, -0.05) is 67.5 Å². The summed E-state index contributed by atoms with van der Waals surface area (Å²) < 4.78 is 8.05. The number of piperidine rings is 3. The van der Waals surface area contributed by atoms with Crippen molar-refractivity contribution in [1.29, 1.82) is 0 Å². The van der Waals surface area contributed by atoms with Gasteiger partial charge in [0.15, 0.2) is 5.82 Å². The Hall–Kier alpha value is -5.08. The largest absolute Gasteiger partial charge is 0.490 e. The molecule has 4 aliphatic rings. The van der Waals surface area contributed by atoms with Crippen LogP contribution in [0.1, 0.15) is 88.7 Å². The number of nitrogens with one attached hydrogen (secondary N) is 1. The second-order valence-corrected chi connectivity index (χ2v) is 20.8. The van der Waals surface area contributed by atoms with Crippen LogP contribution in [0.25, 0.3) is 0 Å². The number of likely N-dealkylation sites (tertiary alicyclic amines) is 2. The van der Waals surface area contributed by atoms with E-state index in [0.29, 0.717) is 97.2 Å². The molecule has 4 saturated heterocycles. The number of pyridine rings is 1. The van der Waals surface area contributed by atoms with Crippen molar-refractivity contribution in [1.82, 2.24) is 45.1 Å². The Labute approximate surface area is 407 Å². The second-order valence-electron chi connectivity index (χ2n) is 19.3. The third-order valence-electron chi connectivity index (χ3n) is 14.0. The zero-order valence-corrected chi connectivity index (χ0v) is 41.0. The van der Waals surface area contributed by atoms with Crippen LogP contribution < -0.4 is 25.6 Å². The van der Waals surface area contributed by atoms with Crippen molar-refractivity contribution in [3.05, 3.63) is 70.9 Å². The lowest BCUT2D eigenvalue weighted by Crippen LogP contribution is -2.49. The molecule has 3 aromatic heterocycles. The first-order chi connectivity index (χ1) is 32.7. The highest BCUT2D eigenvalue weighted by Crippen LogP contribution is 2.40. The maximum Gasteiger partial charge on any atom is 0.248 e. The quantitative estimate of drug-likeness (QED) is 0.130. The van der Waals surface area contributed by atoms with Crippen LogP contribution in [0.2, 0.25) is 5.02 Å². The van der Waals surface area contributed by atoms with E-state index in [0.717, 1.165) is 36.4 Å². The summed E-state index contributed by atoms with van der Waals surface area (Å²) in [6, 6.07) is 7.94. The minimum Gasteiger partial charge on any atom is -0.490 e. The smallest absolute Gasteiger partial charge is 0.248 e. The summed E-state index contributed by atoms with van der Waals surface area (Å²) in [7, 11) is 0. The minimum absolute atomic E-state index is 0.0612. The van der Waals surface area contributed by atoms with Gasteiger partial charge >= 0.3 is 0 Å². The van der Waals surface area contributed by atoms with Gasteiger partial charge in [-0.25, -0.2) is 19.6 Å². The van der Waals surface area contributed by atoms with E-state index < -0.39 is 18.2 Å². The Kier molecular flexibility index (Phi) is 15.7. The molecule has 3 atom stereocenters. The number of nitrogens with two attached hydrogens (primary N) is 1. The molecule has 0 unspecified atom stereocenters. The molecule has 4 fully saturated rings. The Morgan fingerprint density at radius 1 is 1.00 bits per heavy atom. The van der Waals surface area contributed by atoms with Crippen LogP contribution in [0, 0.1) is 24.2 Å². The fourth-order valence-electron chi connectivity index (χ4n) is 9.83. The van der Waals surface area contributed by atoms with Crippen molar-refractivity contribution in [3.8, 4) is 5.75 Å². The summed E-state index contributed by atoms with van der Waals surface area (Å²) in [5, 5.41) is 33.2. The van der Waals surface area contributed by atoms with Crippen LogP contribution in [0.15, 0.2) is 58.8 Å². The van der Waals surface area contributed by atoms with E-state index in [2.05, 4.69) is 37.3 Å². The number of aromatic nitrogens is 6. The lowest BCUT2D eigenvalue weighted by Gasteiger charge is -2.39. The molecule has 1 aromatic carbocycles. The number of hydrogen-bond acceptors (Lipinski definition) is 15. The van der Waals surface area contributed by atoms with Gasteiger partial charge in [0.1, 0.15) is 40.5 Å². The molecule has 0 aliphatic carbocycles. The average Bonchev–Trinajstić information content (AvgIpc) is 3.96. The van der Waals surface area contributed by atoms with Gasteiger partial charge in [-0.15, -0.1) is 5.10 Å². The second kappa shape index (κ2) is 21.7. The molecule has 4 aliphatic heterocycles. The van der Waals surface area contributed by atoms with E-state index in [1.54, 1.807) is 25.5 Å². The number of ether oxygens (including phenoxy) is 1. The number of benzene rings is 1. The third-order valence-corrected chi connectivity index (χ3v) is 15.5. The number of rotatable bonds is 15. The van der Waals surface area contributed by atoms with Crippen molar-refractivity contribution in [2.75, 3.05) is 62.2 Å². The number of carbonyl (C=O) groups is 3. The maximum atomic E-state index is 13.8. The molecular formula is C48H65ClN12O6S. The van der Waals surface area contributed by atoms with Gasteiger partial charge in [-0.05, 0) is 62.6 Å². The Bertz CT molecular complexity index is 2400. The molecule has 20 heteroatoms. The number of aliphatic hydroxyl groups excluding tert-OH is 2. The summed E-state index contributed by atoms with van der Waals surface area (Å²) in [6.07, 6.45) is 9.03. The Morgan fingerprint density at radius 3 is 2.40 bits per heavy atom. The van der Waals surface area contributed by atoms with Crippen molar-refractivity contribution >= 4 is 52.7 Å². The zero-order chi connectivity index (χ0) is 48.1. The number of amides is 3. The molecule has 7 heterocycles. The van der Waals surface area contributed by atoms with Crippen LogP contribution in [0.3, 0.4) is 0 Å². The first-order valence-electron chi connectivity index (χ1n) is 23.9. The van der Waals surface area contributed by atoms with Gasteiger partial charge in [-0.2, -0.15) is 0 Å². The minimum atomic E-state index is -0.831. The predicted molar refractivity (Wildman–Crippen MR) is 258 cm³/mol. The number of β-amino-alcohol motifs (C(OH)–C–C–N with tert-alkyl or cyclic N) is 1. The highest BCUT2D eigenvalue weighted by Gasteiger charge is 2.43. The lowest BCUT2D eigenvalue weighted by molar-refractivity contribution is -0.142. The van der Waals surface area contributed by atoms with Crippen molar-refractivity contribution in [3.63, 3.8) is 0 Å². The summed E-state index contributed by atoms with van der Waals surface area (Å²) in [4.78, 5) is 64.0. The number of para-hydroxylation sites is 1. The number of anilines is 2. The Morgan fingerprint density at radius 2 is 1.72 bits per heavy atom. The standard InChI is InChI=1S/C48H65ClN12O6S/c1-30(2)42(61-26-31(3)55-56-61)47(66)60-27-34(63)23-37(60)45(64)53-24-33-7-5-6-8-38(33)67-35-12-19-59(20-13-35)46(65)32-10-17-57(18-11-32)44-41(49)39(9-16-51-44)68-40-25-52-43(36(28-62)54-40)58-21-14-48(4,29-50)15-22-58/h5-9,16,25-26,30,32,34-35,37,42,62-63H,10-15,17-24,27-29,50H2,1-4H3,(H,53,64)/t34-,37+,42+/m1/s1. The monoisotopic (exact) mass is 972 g/mol. The molecular weight excluding hydrogens is 908 g/mol. The van der Waals surface area contributed by atoms with Crippen LogP contribution >= 0.6 is 23.4 Å². The summed E-state index contributed by atoms with van der Waals surface area (Å²) in [5.74, 6) is 1.35. The van der Waals surface area contributed by atoms with Crippen molar-refractivity contribution in [2.24, 2.45) is 23.0 Å². The number of hydrogen-bond donors (Lipinski definition) is 4. The lowest BCUT2D eigenvalue weighted by atomic mass is 9.80. The molecule has 4 aromatic rings. The molecule has 5 N–H and O–H groups in total. The van der Waals surface area contributed by atoms with Crippen LogP contribution in [0.4, 0.5) is 11.6 Å². The van der Waals surface area contributed by atoms with E-state index in [4.69, 9.17) is 32.0 Å². The number of aryl methyl sites for hydroxylation is 1. The maximum absolute atomic E-state index is 13.8. The Balaban J connectivity index is 0.803. The number of halogens is 1. The van der Waals surface area contributed by atoms with Crippen LogP contribution in [0.5, 0.6) is 5.75 Å². The van der Waals surface area contributed by atoms with Crippen molar-refractivity contribution < 1.29 is 29.3 Å². The number of aliphatic hydroxyl groups is 2. The molecule has 0 radical (unpaired) electrons.